The molecular formula is C37H34Cl2N4O3S. The normalized spacial score (nSPS) is 16.2. The van der Waals surface area contributed by atoms with E-state index in [-0.39, 0.29) is 0 Å². The van der Waals surface area contributed by atoms with E-state index in [9.17, 15) is 13.5 Å². The molecular weight excluding hydrogens is 651 g/mol. The van der Waals surface area contributed by atoms with Crippen LogP contribution in [0.25, 0.3) is 28.1 Å². The van der Waals surface area contributed by atoms with Crippen molar-refractivity contribution in [3.05, 3.63) is 136 Å². The van der Waals surface area contributed by atoms with Crippen LogP contribution in [0.3, 0.4) is 0 Å². The molecule has 1 fully saturated rings. The van der Waals surface area contributed by atoms with Gasteiger partial charge in [0.25, 0.3) is 0 Å². The minimum absolute atomic E-state index is 0.360. The highest BCUT2D eigenvalue weighted by atomic mass is 35.5. The van der Waals surface area contributed by atoms with Gasteiger partial charge >= 0.3 is 10.2 Å². The lowest BCUT2D eigenvalue weighted by Crippen LogP contribution is -2.29. The average Bonchev–Trinajstić information content (AvgIpc) is 3.60. The number of hydrogen-bond acceptors (Lipinski definition) is 4. The highest BCUT2D eigenvalue weighted by molar-refractivity contribution is 7.91. The first-order chi connectivity index (χ1) is 22.7. The summed E-state index contributed by atoms with van der Waals surface area (Å²) >= 11 is 12.7. The van der Waals surface area contributed by atoms with Crippen molar-refractivity contribution < 1.29 is 13.5 Å². The molecule has 1 aliphatic carbocycles. The summed E-state index contributed by atoms with van der Waals surface area (Å²) in [6.07, 6.45) is 11.5. The summed E-state index contributed by atoms with van der Waals surface area (Å²) in [5, 5.41) is 10.8. The lowest BCUT2D eigenvalue weighted by Gasteiger charge is -2.21. The summed E-state index contributed by atoms with van der Waals surface area (Å²) in [5.41, 5.74) is 7.27. The predicted octanol–water partition coefficient (Wildman–Crippen LogP) is 9.24. The van der Waals surface area contributed by atoms with E-state index in [0.717, 1.165) is 38.9 Å². The van der Waals surface area contributed by atoms with E-state index in [4.69, 9.17) is 28.2 Å². The highest BCUT2D eigenvalue weighted by Crippen LogP contribution is 2.33. The molecule has 0 atom stereocenters. The van der Waals surface area contributed by atoms with E-state index in [1.807, 2.05) is 22.9 Å². The van der Waals surface area contributed by atoms with Crippen molar-refractivity contribution in [2.24, 2.45) is 5.92 Å². The van der Waals surface area contributed by atoms with Crippen molar-refractivity contribution in [2.75, 3.05) is 4.31 Å². The van der Waals surface area contributed by atoms with E-state index >= 15 is 0 Å². The van der Waals surface area contributed by atoms with Gasteiger partial charge in [0.15, 0.2) is 0 Å². The summed E-state index contributed by atoms with van der Waals surface area (Å²) in [6.45, 7) is 0. The molecule has 0 amide bonds. The van der Waals surface area contributed by atoms with Crippen molar-refractivity contribution in [3.8, 4) is 28.1 Å². The molecule has 2 aliphatic rings. The number of rotatable bonds is 8. The van der Waals surface area contributed by atoms with E-state index in [0.29, 0.717) is 33.5 Å². The number of aliphatic hydroxyl groups excluding tert-OH is 1. The van der Waals surface area contributed by atoms with E-state index in [1.54, 1.807) is 30.3 Å². The average molecular weight is 686 g/mol. The Morgan fingerprint density at radius 1 is 0.830 bits per heavy atom. The molecule has 7 nitrogen and oxygen atoms in total. The fourth-order valence-corrected chi connectivity index (χ4v) is 8.08. The second-order valence-electron chi connectivity index (χ2n) is 12.3. The second kappa shape index (κ2) is 13.1. The first kappa shape index (κ1) is 31.4. The highest BCUT2D eigenvalue weighted by Gasteiger charge is 2.29. The van der Waals surface area contributed by atoms with Gasteiger partial charge in [-0.2, -0.15) is 8.42 Å². The molecule has 5 aromatic rings. The summed E-state index contributed by atoms with van der Waals surface area (Å²) in [4.78, 5) is 4.99. The van der Waals surface area contributed by atoms with Crippen LogP contribution in [0.5, 0.6) is 0 Å². The van der Waals surface area contributed by atoms with Crippen LogP contribution in [0.15, 0.2) is 109 Å². The minimum Gasteiger partial charge on any atom is -0.493 e. The molecule has 0 radical (unpaired) electrons. The SMILES string of the molecule is O=S1(=O)NC(O)=CN1c1cccc(-n2cc(-c3ccc(Cl)cc3Cl)nc2Cc2ccc(-c3ccc(CC4CCCCC4)cc3)cc2)c1. The third kappa shape index (κ3) is 6.91. The number of nitrogens with zero attached hydrogens (tertiary/aromatic N) is 3. The zero-order valence-corrected chi connectivity index (χ0v) is 27.9. The molecule has 2 N–H and O–H groups in total. The maximum Gasteiger partial charge on any atom is 0.330 e. The molecule has 1 aromatic heterocycles. The molecule has 0 unspecified atom stereocenters. The molecule has 47 heavy (non-hydrogen) atoms. The second-order valence-corrected chi connectivity index (χ2v) is 14.6. The zero-order valence-electron chi connectivity index (χ0n) is 25.6. The van der Waals surface area contributed by atoms with Crippen molar-refractivity contribution in [1.29, 1.82) is 0 Å². The van der Waals surface area contributed by atoms with Crippen LogP contribution in [-0.2, 0) is 23.1 Å². The van der Waals surface area contributed by atoms with Crippen molar-refractivity contribution in [1.82, 2.24) is 14.3 Å². The van der Waals surface area contributed by atoms with Crippen LogP contribution < -0.4 is 9.03 Å². The van der Waals surface area contributed by atoms with Gasteiger partial charge in [0, 0.05) is 28.9 Å². The summed E-state index contributed by atoms with van der Waals surface area (Å²) in [7, 11) is -3.95. The standard InChI is InChI=1S/C37H34Cl2N4O3S/c38-30-17-18-33(34(39)21-30)35-23-42(31-7-4-8-32(22-31)43-24-37(44)41-47(43,45)46)36(40-35)20-27-11-15-29(16-12-27)28-13-9-26(10-14-28)19-25-5-2-1-3-6-25/h4,7-18,21-25,41,44H,1-3,5-6,19-20H2. The number of nitrogens with one attached hydrogen (secondary N) is 1. The van der Waals surface area contributed by atoms with Crippen LogP contribution in [-0.4, -0.2) is 23.1 Å². The van der Waals surface area contributed by atoms with E-state index in [2.05, 4.69) is 53.3 Å². The smallest absolute Gasteiger partial charge is 0.330 e. The largest absolute Gasteiger partial charge is 0.493 e. The maximum absolute atomic E-state index is 12.6. The molecule has 0 bridgehead atoms. The molecule has 10 heteroatoms. The molecule has 0 saturated heterocycles. The summed E-state index contributed by atoms with van der Waals surface area (Å²) in [6, 6.07) is 29.8. The molecule has 2 heterocycles. The molecule has 7 rings (SSSR count). The number of aromatic nitrogens is 2. The fraction of sp³-hybridized carbons (Fsp3) is 0.216. The van der Waals surface area contributed by atoms with Crippen LogP contribution in [0.4, 0.5) is 5.69 Å². The van der Waals surface area contributed by atoms with Gasteiger partial charge in [-0.15, -0.1) is 0 Å². The molecule has 1 saturated carbocycles. The lowest BCUT2D eigenvalue weighted by molar-refractivity contribution is 0.356. The molecule has 240 valence electrons. The lowest BCUT2D eigenvalue weighted by atomic mass is 9.84. The van der Waals surface area contributed by atoms with Gasteiger partial charge in [-0.3, -0.25) is 0 Å². The minimum atomic E-state index is -3.95. The van der Waals surface area contributed by atoms with Gasteiger partial charge in [0.05, 0.1) is 22.6 Å². The quantitative estimate of drug-likeness (QED) is 0.171. The van der Waals surface area contributed by atoms with Crippen LogP contribution in [0.2, 0.25) is 10.0 Å². The van der Waals surface area contributed by atoms with E-state index in [1.165, 1.54) is 49.7 Å². The van der Waals surface area contributed by atoms with Crippen molar-refractivity contribution >= 4 is 39.1 Å². The van der Waals surface area contributed by atoms with Gasteiger partial charge in [0.1, 0.15) is 5.82 Å². The van der Waals surface area contributed by atoms with E-state index < -0.39 is 16.1 Å². The van der Waals surface area contributed by atoms with Gasteiger partial charge < -0.3 is 9.67 Å². The third-order valence-corrected chi connectivity index (χ3v) is 10.8. The number of anilines is 1. The topological polar surface area (TPSA) is 87.5 Å². The Hall–Kier alpha value is -4.24. The Bertz CT molecular complexity index is 2050. The molecule has 4 aromatic carbocycles. The number of halogens is 2. The Kier molecular flexibility index (Phi) is 8.75. The number of benzene rings is 4. The van der Waals surface area contributed by atoms with Crippen molar-refractivity contribution in [2.45, 2.75) is 44.9 Å². The third-order valence-electron chi connectivity index (χ3n) is 8.93. The monoisotopic (exact) mass is 684 g/mol. The van der Waals surface area contributed by atoms with Gasteiger partial charge in [-0.1, -0.05) is 110 Å². The Labute approximate surface area is 285 Å². The predicted molar refractivity (Wildman–Crippen MR) is 189 cm³/mol. The maximum atomic E-state index is 12.6. The number of imidazole rings is 1. The summed E-state index contributed by atoms with van der Waals surface area (Å²) < 4.78 is 30.2. The van der Waals surface area contributed by atoms with Crippen molar-refractivity contribution in [3.63, 3.8) is 0 Å². The fourth-order valence-electron chi connectivity index (χ4n) is 6.53. The zero-order chi connectivity index (χ0) is 32.5. The van der Waals surface area contributed by atoms with Gasteiger partial charge in [0.2, 0.25) is 5.88 Å². The first-order valence-corrected chi connectivity index (χ1v) is 18.0. The summed E-state index contributed by atoms with van der Waals surface area (Å²) in [5.74, 6) is 1.11. The van der Waals surface area contributed by atoms with Crippen LogP contribution >= 0.6 is 23.2 Å². The molecule has 0 spiro atoms. The Morgan fingerprint density at radius 2 is 1.51 bits per heavy atom. The van der Waals surface area contributed by atoms with Gasteiger partial charge in [-0.05, 0) is 71.0 Å². The molecule has 1 aliphatic heterocycles. The number of hydrogen-bond donors (Lipinski definition) is 2. The van der Waals surface area contributed by atoms with Gasteiger partial charge in [-0.25, -0.2) is 14.0 Å². The Morgan fingerprint density at radius 3 is 2.17 bits per heavy atom. The Balaban J connectivity index is 1.17. The van der Waals surface area contributed by atoms with Crippen LogP contribution in [0, 0.1) is 5.92 Å². The number of aliphatic hydroxyl groups is 1. The van der Waals surface area contributed by atoms with Crippen LogP contribution in [0.1, 0.15) is 49.1 Å². The first-order valence-electron chi connectivity index (χ1n) is 15.8.